The van der Waals surface area contributed by atoms with Crippen LogP contribution in [0.4, 0.5) is 16.8 Å². The molecule has 2 rings (SSSR count). The molecular formula is C9H10N6S. The molecule has 82 valence electrons. The molecule has 0 aliphatic rings. The number of aromatic nitrogens is 2. The second-order valence-corrected chi connectivity index (χ2v) is 4.09. The third kappa shape index (κ3) is 1.49. The molecule has 0 aliphatic carbocycles. The summed E-state index contributed by atoms with van der Waals surface area (Å²) in [7, 11) is 0. The molecule has 0 saturated heterocycles. The number of thiophene rings is 1. The minimum atomic E-state index is 0.124. The van der Waals surface area contributed by atoms with E-state index in [4.69, 9.17) is 16.7 Å². The van der Waals surface area contributed by atoms with E-state index in [0.29, 0.717) is 15.8 Å². The molecule has 2 aromatic heterocycles. The quantitative estimate of drug-likeness (QED) is 0.718. The van der Waals surface area contributed by atoms with E-state index < -0.39 is 0 Å². The zero-order chi connectivity index (χ0) is 11.7. The minimum Gasteiger partial charge on any atom is -0.383 e. The van der Waals surface area contributed by atoms with Crippen molar-refractivity contribution in [2.75, 3.05) is 23.3 Å². The minimum absolute atomic E-state index is 0.124. The van der Waals surface area contributed by atoms with Crippen molar-refractivity contribution >= 4 is 38.3 Å². The van der Waals surface area contributed by atoms with Crippen LogP contribution >= 0.6 is 11.3 Å². The number of anilines is 3. The van der Waals surface area contributed by atoms with Crippen LogP contribution in [0.3, 0.4) is 0 Å². The maximum absolute atomic E-state index is 9.10. The Morgan fingerprint density at radius 2 is 2.19 bits per heavy atom. The third-order valence-electron chi connectivity index (χ3n) is 2.05. The first-order chi connectivity index (χ1) is 7.67. The summed E-state index contributed by atoms with van der Waals surface area (Å²) in [6, 6.07) is 2.11. The number of fused-ring (bicyclic) bond motifs is 1. The van der Waals surface area contributed by atoms with Crippen molar-refractivity contribution in [2.24, 2.45) is 0 Å². The van der Waals surface area contributed by atoms with Gasteiger partial charge in [-0.2, -0.15) is 10.2 Å². The molecule has 0 spiro atoms. The Balaban J connectivity index is 2.78. The third-order valence-corrected chi connectivity index (χ3v) is 3.09. The molecular weight excluding hydrogens is 224 g/mol. The van der Waals surface area contributed by atoms with E-state index in [2.05, 4.69) is 21.4 Å². The second-order valence-electron chi connectivity index (χ2n) is 3.10. The normalized spacial score (nSPS) is 10.2. The van der Waals surface area contributed by atoms with Gasteiger partial charge in [-0.05, 0) is 6.92 Å². The van der Waals surface area contributed by atoms with Crippen LogP contribution < -0.4 is 16.8 Å². The zero-order valence-corrected chi connectivity index (χ0v) is 9.43. The maximum Gasteiger partial charge on any atom is 0.223 e. The monoisotopic (exact) mass is 234 g/mol. The van der Waals surface area contributed by atoms with Crippen molar-refractivity contribution in [3.63, 3.8) is 0 Å². The number of rotatable bonds is 2. The van der Waals surface area contributed by atoms with Gasteiger partial charge in [-0.25, -0.2) is 4.98 Å². The summed E-state index contributed by atoms with van der Waals surface area (Å²) in [5.74, 6) is 0.373. The summed E-state index contributed by atoms with van der Waals surface area (Å²) >= 11 is 1.36. The van der Waals surface area contributed by atoms with Gasteiger partial charge in [-0.3, -0.25) is 0 Å². The first-order valence-electron chi connectivity index (χ1n) is 4.66. The number of nitrogens with zero attached hydrogens (tertiary/aromatic N) is 3. The number of nitrogen functional groups attached to an aromatic ring is 2. The average molecular weight is 234 g/mol. The summed E-state index contributed by atoms with van der Waals surface area (Å²) in [5.41, 5.74) is 11.7. The van der Waals surface area contributed by atoms with E-state index in [9.17, 15) is 0 Å². The van der Waals surface area contributed by atoms with Crippen LogP contribution in [0.5, 0.6) is 0 Å². The summed E-state index contributed by atoms with van der Waals surface area (Å²) in [4.78, 5) is 8.55. The topological polar surface area (TPSA) is 114 Å². The molecule has 2 heterocycles. The van der Waals surface area contributed by atoms with Crippen molar-refractivity contribution in [3.8, 4) is 6.07 Å². The molecule has 16 heavy (non-hydrogen) atoms. The number of nitrogens with two attached hydrogens (primary N) is 2. The van der Waals surface area contributed by atoms with Crippen LogP contribution in [0.2, 0.25) is 0 Å². The van der Waals surface area contributed by atoms with E-state index in [1.807, 2.05) is 6.92 Å². The summed E-state index contributed by atoms with van der Waals surface area (Å²) in [5, 5.41) is 13.5. The van der Waals surface area contributed by atoms with Gasteiger partial charge in [0.2, 0.25) is 5.95 Å². The van der Waals surface area contributed by atoms with Gasteiger partial charge in [0.25, 0.3) is 0 Å². The van der Waals surface area contributed by atoms with Crippen molar-refractivity contribution in [1.82, 2.24) is 9.97 Å². The van der Waals surface area contributed by atoms with Gasteiger partial charge in [0.15, 0.2) is 0 Å². The summed E-state index contributed by atoms with van der Waals surface area (Å²) in [6.07, 6.45) is 0. The predicted molar refractivity (Wildman–Crippen MR) is 65.1 cm³/mol. The lowest BCUT2D eigenvalue weighted by Gasteiger charge is -1.98. The fourth-order valence-electron chi connectivity index (χ4n) is 1.44. The highest BCUT2D eigenvalue weighted by molar-refractivity contribution is 7.22. The number of hydrogen-bond acceptors (Lipinski definition) is 7. The van der Waals surface area contributed by atoms with Crippen LogP contribution in [-0.2, 0) is 0 Å². The Kier molecular flexibility index (Phi) is 2.50. The van der Waals surface area contributed by atoms with Gasteiger partial charge in [-0.15, -0.1) is 0 Å². The molecule has 7 heteroatoms. The van der Waals surface area contributed by atoms with Crippen LogP contribution in [0.25, 0.3) is 10.2 Å². The fourth-order valence-corrected chi connectivity index (χ4v) is 2.54. The fraction of sp³-hybridized carbons (Fsp3) is 0.222. The standard InChI is InChI=1S/C9H10N6S/c1-2-13-7-4(3-10)5-6(11)14-9(12)15-8(5)16-7/h13H,2H2,1H3,(H4,11,12,14,15). The largest absolute Gasteiger partial charge is 0.383 e. The molecule has 0 saturated carbocycles. The smallest absolute Gasteiger partial charge is 0.223 e. The highest BCUT2D eigenvalue weighted by atomic mass is 32.1. The molecule has 0 aromatic carbocycles. The Morgan fingerprint density at radius 3 is 2.81 bits per heavy atom. The molecule has 0 fully saturated rings. The van der Waals surface area contributed by atoms with Gasteiger partial charge < -0.3 is 16.8 Å². The van der Waals surface area contributed by atoms with Crippen LogP contribution in [-0.4, -0.2) is 16.5 Å². The van der Waals surface area contributed by atoms with E-state index >= 15 is 0 Å². The zero-order valence-electron chi connectivity index (χ0n) is 8.61. The lowest BCUT2D eigenvalue weighted by Crippen LogP contribution is -2.00. The lowest BCUT2D eigenvalue weighted by atomic mass is 10.2. The molecule has 5 N–H and O–H groups in total. The SMILES string of the molecule is CCNc1sc2nc(N)nc(N)c2c1C#N. The molecule has 0 unspecified atom stereocenters. The molecule has 0 amide bonds. The Labute approximate surface area is 95.9 Å². The van der Waals surface area contributed by atoms with Crippen molar-refractivity contribution < 1.29 is 0 Å². The van der Waals surface area contributed by atoms with Gasteiger partial charge in [-0.1, -0.05) is 11.3 Å². The van der Waals surface area contributed by atoms with E-state index in [-0.39, 0.29) is 11.8 Å². The Bertz CT molecular complexity index is 582. The number of nitriles is 1. The molecule has 0 aliphatic heterocycles. The van der Waals surface area contributed by atoms with Crippen molar-refractivity contribution in [1.29, 1.82) is 5.26 Å². The van der Waals surface area contributed by atoms with E-state index in [1.165, 1.54) is 11.3 Å². The molecule has 0 radical (unpaired) electrons. The highest BCUT2D eigenvalue weighted by Crippen LogP contribution is 2.36. The van der Waals surface area contributed by atoms with Gasteiger partial charge in [0.05, 0.1) is 10.9 Å². The van der Waals surface area contributed by atoms with Crippen molar-refractivity contribution in [2.45, 2.75) is 6.92 Å². The van der Waals surface area contributed by atoms with Gasteiger partial charge >= 0.3 is 0 Å². The molecule has 6 nitrogen and oxygen atoms in total. The second kappa shape index (κ2) is 3.83. The van der Waals surface area contributed by atoms with Crippen molar-refractivity contribution in [3.05, 3.63) is 5.56 Å². The molecule has 0 atom stereocenters. The van der Waals surface area contributed by atoms with Gasteiger partial charge in [0.1, 0.15) is 21.7 Å². The van der Waals surface area contributed by atoms with Crippen LogP contribution in [0.1, 0.15) is 12.5 Å². The number of nitrogens with one attached hydrogen (secondary N) is 1. The maximum atomic E-state index is 9.10. The van der Waals surface area contributed by atoms with Crippen LogP contribution in [0.15, 0.2) is 0 Å². The summed E-state index contributed by atoms with van der Waals surface area (Å²) in [6.45, 7) is 2.68. The number of hydrogen-bond donors (Lipinski definition) is 3. The van der Waals surface area contributed by atoms with E-state index in [0.717, 1.165) is 11.5 Å². The molecule has 2 aromatic rings. The van der Waals surface area contributed by atoms with Gasteiger partial charge in [0, 0.05) is 6.54 Å². The molecule has 0 bridgehead atoms. The highest BCUT2D eigenvalue weighted by Gasteiger charge is 2.16. The predicted octanol–water partition coefficient (Wildman–Crippen LogP) is 1.16. The first kappa shape index (κ1) is 10.4. The van der Waals surface area contributed by atoms with E-state index in [1.54, 1.807) is 0 Å². The Morgan fingerprint density at radius 1 is 1.44 bits per heavy atom. The first-order valence-corrected chi connectivity index (χ1v) is 5.48. The Hall–Kier alpha value is -2.07. The summed E-state index contributed by atoms with van der Waals surface area (Å²) < 4.78 is 0. The lowest BCUT2D eigenvalue weighted by molar-refractivity contribution is 1.22. The van der Waals surface area contributed by atoms with Crippen LogP contribution in [0, 0.1) is 11.3 Å². The average Bonchev–Trinajstić information content (AvgIpc) is 2.56.